The monoisotopic (exact) mass is 610 g/mol. The normalized spacial score (nSPS) is 18.6. The minimum atomic E-state index is -4.65. The number of nitrogen functional groups attached to an aromatic ring is 1. The highest BCUT2D eigenvalue weighted by Gasteiger charge is 2.44. The van der Waals surface area contributed by atoms with Crippen molar-refractivity contribution in [2.75, 3.05) is 32.7 Å². The van der Waals surface area contributed by atoms with Crippen LogP contribution in [0.3, 0.4) is 0 Å². The molecular weight excluding hydrogens is 583 g/mol. The van der Waals surface area contributed by atoms with Crippen molar-refractivity contribution < 1.29 is 37.9 Å². The molecular formula is C24H28BrN4O8P. The number of piperidine rings is 1. The molecule has 38 heavy (non-hydrogen) atoms. The van der Waals surface area contributed by atoms with Crippen molar-refractivity contribution >= 4 is 47.7 Å². The first-order valence-corrected chi connectivity index (χ1v) is 14.0. The van der Waals surface area contributed by atoms with Gasteiger partial charge in [0.15, 0.2) is 0 Å². The molecule has 0 bridgehead atoms. The van der Waals surface area contributed by atoms with Crippen molar-refractivity contribution in [3.8, 4) is 5.75 Å². The van der Waals surface area contributed by atoms with E-state index in [-0.39, 0.29) is 23.4 Å². The number of likely N-dealkylation sites (tertiary alicyclic amines) is 1. The number of halogens is 1. The molecule has 2 aliphatic heterocycles. The molecule has 1 fully saturated rings. The average Bonchev–Trinajstić information content (AvgIpc) is 2.87. The van der Waals surface area contributed by atoms with E-state index in [1.54, 1.807) is 23.1 Å². The molecule has 2 aromatic rings. The lowest BCUT2D eigenvalue weighted by molar-refractivity contribution is -0.0221. The van der Waals surface area contributed by atoms with Gasteiger partial charge in [-0.25, -0.2) is 9.36 Å². The van der Waals surface area contributed by atoms with Gasteiger partial charge >= 0.3 is 13.9 Å². The van der Waals surface area contributed by atoms with E-state index >= 15 is 0 Å². The zero-order valence-electron chi connectivity index (χ0n) is 20.5. The Hall–Kier alpha value is -2.96. The van der Waals surface area contributed by atoms with Gasteiger partial charge in [0, 0.05) is 54.2 Å². The summed E-state index contributed by atoms with van der Waals surface area (Å²) in [5.74, 6) is 0.263. The van der Waals surface area contributed by atoms with Crippen molar-refractivity contribution in [3.05, 3.63) is 57.6 Å². The second kappa shape index (κ2) is 11.4. The van der Waals surface area contributed by atoms with Crippen LogP contribution in [0.5, 0.6) is 5.75 Å². The van der Waals surface area contributed by atoms with Crippen LogP contribution in [-0.2, 0) is 13.8 Å². The first-order valence-electron chi connectivity index (χ1n) is 11.7. The van der Waals surface area contributed by atoms with E-state index in [0.717, 1.165) is 10.0 Å². The molecule has 14 heteroatoms. The highest BCUT2D eigenvalue weighted by molar-refractivity contribution is 9.10. The van der Waals surface area contributed by atoms with Crippen molar-refractivity contribution in [1.82, 2.24) is 10.2 Å². The second-order valence-corrected chi connectivity index (χ2v) is 11.2. The van der Waals surface area contributed by atoms with E-state index in [0.29, 0.717) is 43.7 Å². The smallest absolute Gasteiger partial charge is 0.471 e. The number of fused-ring (bicyclic) bond motifs is 1. The van der Waals surface area contributed by atoms with E-state index in [9.17, 15) is 14.2 Å². The predicted octanol–water partition coefficient (Wildman–Crippen LogP) is 3.37. The maximum atomic E-state index is 13.4. The number of para-hydroxylation sites is 1. The minimum Gasteiger partial charge on any atom is -0.487 e. The number of hydrogen-bond donors (Lipinski definition) is 4. The maximum absolute atomic E-state index is 13.4. The van der Waals surface area contributed by atoms with Crippen LogP contribution >= 0.6 is 23.8 Å². The summed E-state index contributed by atoms with van der Waals surface area (Å²) < 4.78 is 27.2. The van der Waals surface area contributed by atoms with E-state index in [1.807, 2.05) is 18.2 Å². The number of carbonyl (C=O) groups is 2. The van der Waals surface area contributed by atoms with Gasteiger partial charge < -0.3 is 35.2 Å². The number of hydrogen-bond acceptors (Lipinski definition) is 8. The standard InChI is InChI=1S/C24H28BrN4O8P/c1-35-23(31)29-9-7-24(8-10-29)12-19(18-11-16(25)5-6-20(18)37-24)28-22(30)17-4-2-3-15(21(17)26)13-27-14-36-38(32,33)34/h2-6,11,13,19H,7-10,12,14,26H2,1H3,(H,28,30)(H2,32,33,34). The van der Waals surface area contributed by atoms with Crippen molar-refractivity contribution in [3.63, 3.8) is 0 Å². The van der Waals surface area contributed by atoms with Gasteiger partial charge in [-0.2, -0.15) is 0 Å². The molecule has 2 heterocycles. The SMILES string of the molecule is COC(=O)N1CCC2(CC1)CC(NC(=O)c1cccc(C=NCOP(=O)(O)O)c1N)c1cc(Br)ccc1O2. The zero-order valence-corrected chi connectivity index (χ0v) is 23.0. The van der Waals surface area contributed by atoms with E-state index in [1.165, 1.54) is 13.3 Å². The van der Waals surface area contributed by atoms with Crippen molar-refractivity contribution in [2.24, 2.45) is 4.99 Å². The molecule has 0 aliphatic carbocycles. The molecule has 0 aromatic heterocycles. The molecule has 204 valence electrons. The highest BCUT2D eigenvalue weighted by atomic mass is 79.9. The Balaban J connectivity index is 1.54. The third kappa shape index (κ3) is 6.54. The summed E-state index contributed by atoms with van der Waals surface area (Å²) in [6.07, 6.45) is 2.56. The number of methoxy groups -OCH3 is 1. The molecule has 2 aliphatic rings. The summed E-state index contributed by atoms with van der Waals surface area (Å²) in [5, 5.41) is 3.09. The summed E-state index contributed by atoms with van der Waals surface area (Å²) in [7, 11) is -3.29. The van der Waals surface area contributed by atoms with Crippen LogP contribution in [0.25, 0.3) is 0 Å². The number of benzene rings is 2. The number of nitrogens with one attached hydrogen (secondary N) is 1. The van der Waals surface area contributed by atoms with Crippen molar-refractivity contribution in [2.45, 2.75) is 30.9 Å². The number of phosphoric acid groups is 1. The molecule has 4 rings (SSSR count). The van der Waals surface area contributed by atoms with E-state index < -0.39 is 26.1 Å². The third-order valence-electron chi connectivity index (χ3n) is 6.58. The Bertz CT molecular complexity index is 1290. The number of amides is 2. The van der Waals surface area contributed by atoms with Gasteiger partial charge in [-0.1, -0.05) is 28.1 Å². The minimum absolute atomic E-state index is 0.160. The second-order valence-electron chi connectivity index (χ2n) is 9.02. The van der Waals surface area contributed by atoms with Gasteiger partial charge in [0.1, 0.15) is 18.1 Å². The van der Waals surface area contributed by atoms with Crippen LogP contribution in [0, 0.1) is 0 Å². The Morgan fingerprint density at radius 2 is 2.05 bits per heavy atom. The molecule has 1 atom stereocenters. The van der Waals surface area contributed by atoms with Crippen LogP contribution in [-0.4, -0.2) is 65.4 Å². The molecule has 0 saturated carbocycles. The number of nitrogens with zero attached hydrogens (tertiary/aromatic N) is 2. The molecule has 0 radical (unpaired) electrons. The molecule has 2 aromatic carbocycles. The fourth-order valence-corrected chi connectivity index (χ4v) is 5.27. The topological polar surface area (TPSA) is 173 Å². The Labute approximate surface area is 227 Å². The molecule has 12 nitrogen and oxygen atoms in total. The van der Waals surface area contributed by atoms with Gasteiger partial charge in [0.25, 0.3) is 5.91 Å². The van der Waals surface area contributed by atoms with Crippen LogP contribution in [0.2, 0.25) is 0 Å². The Kier molecular flexibility index (Phi) is 8.43. The lowest BCUT2D eigenvalue weighted by atomic mass is 9.80. The van der Waals surface area contributed by atoms with Crippen LogP contribution in [0.1, 0.15) is 46.8 Å². The molecule has 5 N–H and O–H groups in total. The number of anilines is 1. The number of ether oxygens (including phenoxy) is 2. The lowest BCUT2D eigenvalue weighted by Gasteiger charge is -2.46. The first kappa shape index (κ1) is 28.1. The summed E-state index contributed by atoms with van der Waals surface area (Å²) in [6.45, 7) is 0.377. The summed E-state index contributed by atoms with van der Waals surface area (Å²) in [4.78, 5) is 48.4. The van der Waals surface area contributed by atoms with Gasteiger partial charge in [0.05, 0.1) is 24.4 Å². The largest absolute Gasteiger partial charge is 0.487 e. The first-order chi connectivity index (χ1) is 18.0. The van der Waals surface area contributed by atoms with Gasteiger partial charge in [-0.3, -0.25) is 14.3 Å². The van der Waals surface area contributed by atoms with Crippen molar-refractivity contribution in [1.29, 1.82) is 0 Å². The molecule has 1 unspecified atom stereocenters. The number of aliphatic imine (C=N–C) groups is 1. The number of nitrogens with two attached hydrogens (primary N) is 1. The fourth-order valence-electron chi connectivity index (χ4n) is 4.68. The quantitative estimate of drug-likeness (QED) is 0.217. The average molecular weight is 611 g/mol. The number of phosphoric ester groups is 1. The predicted molar refractivity (Wildman–Crippen MR) is 142 cm³/mol. The third-order valence-corrected chi connectivity index (χ3v) is 7.52. The van der Waals surface area contributed by atoms with Gasteiger partial charge in [0.2, 0.25) is 0 Å². The lowest BCUT2D eigenvalue weighted by Crippen LogP contribution is -2.53. The number of rotatable bonds is 6. The highest BCUT2D eigenvalue weighted by Crippen LogP contribution is 2.45. The molecule has 1 spiro atoms. The maximum Gasteiger partial charge on any atom is 0.471 e. The zero-order chi connectivity index (χ0) is 27.5. The summed E-state index contributed by atoms with van der Waals surface area (Å²) in [6, 6.07) is 10.1. The number of carbonyl (C=O) groups excluding carboxylic acids is 2. The van der Waals surface area contributed by atoms with Gasteiger partial charge in [-0.05, 0) is 24.3 Å². The Morgan fingerprint density at radius 1 is 1.32 bits per heavy atom. The van der Waals surface area contributed by atoms with Crippen LogP contribution < -0.4 is 15.8 Å². The van der Waals surface area contributed by atoms with Crippen LogP contribution in [0.15, 0.2) is 45.9 Å². The molecule has 2 amide bonds. The van der Waals surface area contributed by atoms with Crippen LogP contribution in [0.4, 0.5) is 10.5 Å². The van der Waals surface area contributed by atoms with E-state index in [2.05, 4.69) is 30.8 Å². The van der Waals surface area contributed by atoms with Gasteiger partial charge in [-0.15, -0.1) is 0 Å². The Morgan fingerprint density at radius 3 is 2.74 bits per heavy atom. The molecule has 1 saturated heterocycles. The summed E-state index contributed by atoms with van der Waals surface area (Å²) in [5.41, 5.74) is 7.27. The summed E-state index contributed by atoms with van der Waals surface area (Å²) >= 11 is 3.49. The fraction of sp³-hybridized carbons (Fsp3) is 0.375. The van der Waals surface area contributed by atoms with E-state index in [4.69, 9.17) is 25.0 Å².